The van der Waals surface area contributed by atoms with Crippen LogP contribution in [0.15, 0.2) is 118 Å². The molecule has 1 heterocycles. The van der Waals surface area contributed by atoms with Gasteiger partial charge in [0.1, 0.15) is 0 Å². The fourth-order valence-electron chi connectivity index (χ4n) is 3.64. The van der Waals surface area contributed by atoms with Gasteiger partial charge in [0.25, 0.3) is 0 Å². The van der Waals surface area contributed by atoms with Gasteiger partial charge in [-0.1, -0.05) is 78.5 Å². The Morgan fingerprint density at radius 3 is 2.26 bits per heavy atom. The zero-order valence-corrected chi connectivity index (χ0v) is 18.1. The van der Waals surface area contributed by atoms with E-state index in [2.05, 4.69) is 108 Å². The molecule has 31 heavy (non-hydrogen) atoms. The van der Waals surface area contributed by atoms with E-state index in [1.807, 2.05) is 12.1 Å². The molecule has 1 aliphatic heterocycles. The minimum absolute atomic E-state index is 0.717. The molecule has 1 aliphatic rings. The van der Waals surface area contributed by atoms with Gasteiger partial charge in [0.2, 0.25) is 0 Å². The maximum atomic E-state index is 5.02. The molecule has 4 aromatic rings. The molecule has 1 N–H and O–H groups in total. The van der Waals surface area contributed by atoms with Gasteiger partial charge in [0, 0.05) is 9.79 Å². The van der Waals surface area contributed by atoms with Crippen molar-refractivity contribution in [2.45, 2.75) is 23.3 Å². The van der Waals surface area contributed by atoms with E-state index in [1.165, 1.54) is 15.4 Å². The van der Waals surface area contributed by atoms with Crippen LogP contribution < -0.4 is 10.3 Å². The largest absolute Gasteiger partial charge is 0.354 e. The van der Waals surface area contributed by atoms with E-state index in [0.29, 0.717) is 6.54 Å². The van der Waals surface area contributed by atoms with Crippen LogP contribution in [0, 0.1) is 0 Å². The number of benzene rings is 4. The zero-order chi connectivity index (χ0) is 21.0. The average Bonchev–Trinajstić information content (AvgIpc) is 2.83. The number of nitrogens with one attached hydrogen (secondary N) is 1. The highest BCUT2D eigenvalue weighted by atomic mass is 32.2. The quantitative estimate of drug-likeness (QED) is 0.238. The van der Waals surface area contributed by atoms with Gasteiger partial charge in [-0.25, -0.2) is 0 Å². The third-order valence-corrected chi connectivity index (χ3v) is 6.43. The van der Waals surface area contributed by atoms with Gasteiger partial charge >= 0.3 is 0 Å². The molecular weight excluding hydrogens is 398 g/mol. The lowest BCUT2D eigenvalue weighted by molar-refractivity contribution is 0.854. The summed E-state index contributed by atoms with van der Waals surface area (Å²) in [7, 11) is 0. The molecular formula is C27H23N3S. The maximum Gasteiger partial charge on any atom is 0.0666 e. The lowest BCUT2D eigenvalue weighted by Gasteiger charge is -2.23. The molecule has 0 amide bonds. The topological polar surface area (TPSA) is 27.6 Å². The Morgan fingerprint density at radius 1 is 0.774 bits per heavy atom. The van der Waals surface area contributed by atoms with Gasteiger partial charge in [-0.05, 0) is 54.4 Å². The van der Waals surface area contributed by atoms with Crippen molar-refractivity contribution in [1.29, 1.82) is 0 Å². The molecule has 0 saturated carbocycles. The maximum absolute atomic E-state index is 5.02. The lowest BCUT2D eigenvalue weighted by atomic mass is 10.1. The van der Waals surface area contributed by atoms with E-state index in [9.17, 15) is 0 Å². The van der Waals surface area contributed by atoms with Crippen molar-refractivity contribution < 1.29 is 0 Å². The van der Waals surface area contributed by atoms with E-state index >= 15 is 0 Å². The molecule has 0 unspecified atom stereocenters. The molecule has 0 bridgehead atoms. The van der Waals surface area contributed by atoms with Gasteiger partial charge in [-0.3, -0.25) is 5.01 Å². The second-order valence-corrected chi connectivity index (χ2v) is 8.58. The fraction of sp³-hybridized carbons (Fsp3) is 0.0741. The van der Waals surface area contributed by atoms with Crippen molar-refractivity contribution in [2.24, 2.45) is 5.10 Å². The molecule has 152 valence electrons. The van der Waals surface area contributed by atoms with Gasteiger partial charge in [0.15, 0.2) is 0 Å². The van der Waals surface area contributed by atoms with Crippen LogP contribution in [0.3, 0.4) is 0 Å². The van der Waals surface area contributed by atoms with E-state index in [0.717, 1.165) is 28.3 Å². The predicted molar refractivity (Wildman–Crippen MR) is 132 cm³/mol. The summed E-state index contributed by atoms with van der Waals surface area (Å²) in [5.74, 6) is 0. The number of fused-ring (bicyclic) bond motifs is 2. The van der Waals surface area contributed by atoms with E-state index in [4.69, 9.17) is 5.10 Å². The third-order valence-electron chi connectivity index (χ3n) is 5.27. The van der Waals surface area contributed by atoms with Gasteiger partial charge < -0.3 is 5.32 Å². The average molecular weight is 422 g/mol. The highest BCUT2D eigenvalue weighted by molar-refractivity contribution is 7.99. The van der Waals surface area contributed by atoms with Crippen LogP contribution in [0.5, 0.6) is 0 Å². The first kappa shape index (κ1) is 19.5. The molecule has 4 heteroatoms. The number of para-hydroxylation sites is 2. The van der Waals surface area contributed by atoms with Gasteiger partial charge in [0.05, 0.1) is 29.3 Å². The van der Waals surface area contributed by atoms with Crippen molar-refractivity contribution in [3.05, 3.63) is 114 Å². The van der Waals surface area contributed by atoms with Crippen LogP contribution in [0.4, 0.5) is 17.1 Å². The SMILES string of the molecule is CC(=NN(Cc1ccccc1)c1ccccc1)c1ccc2c(c1)Nc1ccccc1S2. The van der Waals surface area contributed by atoms with E-state index in [-0.39, 0.29) is 0 Å². The van der Waals surface area contributed by atoms with Crippen molar-refractivity contribution in [2.75, 3.05) is 10.3 Å². The fourth-order valence-corrected chi connectivity index (χ4v) is 4.61. The van der Waals surface area contributed by atoms with E-state index in [1.54, 1.807) is 11.8 Å². The van der Waals surface area contributed by atoms with Crippen LogP contribution >= 0.6 is 11.8 Å². The number of hydrogen-bond acceptors (Lipinski definition) is 4. The highest BCUT2D eigenvalue weighted by Gasteiger charge is 2.16. The lowest BCUT2D eigenvalue weighted by Crippen LogP contribution is -2.18. The Kier molecular flexibility index (Phi) is 5.46. The summed E-state index contributed by atoms with van der Waals surface area (Å²) < 4.78 is 0. The first-order valence-corrected chi connectivity index (χ1v) is 11.2. The second-order valence-electron chi connectivity index (χ2n) is 7.50. The number of hydrogen-bond donors (Lipinski definition) is 1. The van der Waals surface area contributed by atoms with Crippen LogP contribution in [-0.2, 0) is 6.54 Å². The molecule has 4 aromatic carbocycles. The molecule has 0 aliphatic carbocycles. The van der Waals surface area contributed by atoms with E-state index < -0.39 is 0 Å². The molecule has 0 spiro atoms. The monoisotopic (exact) mass is 421 g/mol. The molecule has 0 aromatic heterocycles. The summed E-state index contributed by atoms with van der Waals surface area (Å²) in [6, 6.07) is 35.7. The number of hydrazone groups is 1. The summed E-state index contributed by atoms with van der Waals surface area (Å²) >= 11 is 1.80. The molecule has 5 rings (SSSR count). The molecule has 0 radical (unpaired) electrons. The van der Waals surface area contributed by atoms with Crippen molar-refractivity contribution in [3.63, 3.8) is 0 Å². The van der Waals surface area contributed by atoms with Crippen LogP contribution in [-0.4, -0.2) is 5.71 Å². The first-order chi connectivity index (χ1) is 15.3. The molecule has 3 nitrogen and oxygen atoms in total. The minimum atomic E-state index is 0.717. The Bertz CT molecular complexity index is 1220. The van der Waals surface area contributed by atoms with Crippen molar-refractivity contribution in [3.8, 4) is 0 Å². The predicted octanol–water partition coefficient (Wildman–Crippen LogP) is 7.33. The van der Waals surface area contributed by atoms with Gasteiger partial charge in [-0.2, -0.15) is 5.10 Å². The summed E-state index contributed by atoms with van der Waals surface area (Å²) in [6.07, 6.45) is 0. The second kappa shape index (κ2) is 8.70. The molecule has 0 fully saturated rings. The highest BCUT2D eigenvalue weighted by Crippen LogP contribution is 2.44. The third kappa shape index (κ3) is 4.35. The smallest absolute Gasteiger partial charge is 0.0666 e. The molecule has 0 atom stereocenters. The van der Waals surface area contributed by atoms with Gasteiger partial charge in [-0.15, -0.1) is 0 Å². The summed E-state index contributed by atoms with van der Waals surface area (Å²) in [4.78, 5) is 2.49. The minimum Gasteiger partial charge on any atom is -0.354 e. The summed E-state index contributed by atoms with van der Waals surface area (Å²) in [5.41, 5.74) is 6.68. The van der Waals surface area contributed by atoms with Crippen LogP contribution in [0.1, 0.15) is 18.1 Å². The summed E-state index contributed by atoms with van der Waals surface area (Å²) in [5, 5.41) is 10.7. The first-order valence-electron chi connectivity index (χ1n) is 10.4. The van der Waals surface area contributed by atoms with Crippen molar-refractivity contribution >= 4 is 34.5 Å². The Morgan fingerprint density at radius 2 is 1.45 bits per heavy atom. The Balaban J connectivity index is 1.46. The standard InChI is InChI=1S/C27H23N3S/c1-20(22-16-17-27-25(18-22)28-24-14-8-9-15-26(24)31-27)29-30(23-12-6-3-7-13-23)19-21-10-4-2-5-11-21/h2-18,28H,19H2,1H3. The Labute approximate surface area is 187 Å². The Hall–Kier alpha value is -3.50. The number of anilines is 3. The zero-order valence-electron chi connectivity index (χ0n) is 17.3. The summed E-state index contributed by atoms with van der Waals surface area (Å²) in [6.45, 7) is 2.79. The molecule has 0 saturated heterocycles. The normalized spacial score (nSPS) is 12.5. The van der Waals surface area contributed by atoms with Crippen LogP contribution in [0.2, 0.25) is 0 Å². The van der Waals surface area contributed by atoms with Crippen LogP contribution in [0.25, 0.3) is 0 Å². The number of rotatable bonds is 5. The number of nitrogens with zero attached hydrogens (tertiary/aromatic N) is 2. The van der Waals surface area contributed by atoms with Crippen molar-refractivity contribution in [1.82, 2.24) is 0 Å².